The van der Waals surface area contributed by atoms with Gasteiger partial charge in [-0.2, -0.15) is 0 Å². The van der Waals surface area contributed by atoms with Gasteiger partial charge in [-0.05, 0) is 64.6 Å². The third kappa shape index (κ3) is 2.82. The molecule has 6 aromatic rings. The number of pyridine rings is 2. The van der Waals surface area contributed by atoms with E-state index in [0.29, 0.717) is 0 Å². The van der Waals surface area contributed by atoms with Crippen LogP contribution >= 0.6 is 0 Å². The largest absolute Gasteiger partial charge is 0.454 e. The average Bonchev–Trinajstić information content (AvgIpc) is 3.28. The van der Waals surface area contributed by atoms with Gasteiger partial charge in [-0.25, -0.2) is 0 Å². The van der Waals surface area contributed by atoms with Crippen LogP contribution in [0.25, 0.3) is 55.6 Å². The quantitative estimate of drug-likeness (QED) is 0.289. The van der Waals surface area contributed by atoms with E-state index in [1.165, 1.54) is 33.0 Å². The molecule has 0 N–H and O–H groups in total. The highest BCUT2D eigenvalue weighted by Crippen LogP contribution is 2.43. The molecule has 0 radical (unpaired) electrons. The van der Waals surface area contributed by atoms with Crippen molar-refractivity contribution in [2.45, 2.75) is 12.8 Å². The molecule has 3 aromatic carbocycles. The van der Waals surface area contributed by atoms with Crippen LogP contribution in [0.1, 0.15) is 11.1 Å². The Kier molecular flexibility index (Phi) is 3.97. The van der Waals surface area contributed by atoms with Gasteiger partial charge in [-0.3, -0.25) is 9.97 Å². The maximum Gasteiger partial charge on any atom is 0.157 e. The molecule has 3 aromatic heterocycles. The summed E-state index contributed by atoms with van der Waals surface area (Å²) >= 11 is 0. The Hall–Kier alpha value is -4.24. The van der Waals surface area contributed by atoms with Gasteiger partial charge in [0.05, 0.1) is 11.1 Å². The van der Waals surface area contributed by atoms with E-state index < -0.39 is 0 Å². The first-order valence-corrected chi connectivity index (χ1v) is 11.3. The molecule has 7 rings (SSSR count). The van der Waals surface area contributed by atoms with Gasteiger partial charge in [0.25, 0.3) is 0 Å². The summed E-state index contributed by atoms with van der Waals surface area (Å²) in [5, 5.41) is 3.56. The zero-order chi connectivity index (χ0) is 21.8. The summed E-state index contributed by atoms with van der Waals surface area (Å²) in [5.41, 5.74) is 8.79. The van der Waals surface area contributed by atoms with Crippen molar-refractivity contribution < 1.29 is 4.42 Å². The number of hydrogen-bond donors (Lipinski definition) is 0. The number of aryl methyl sites for hydroxylation is 2. The van der Waals surface area contributed by atoms with Gasteiger partial charge in [-0.15, -0.1) is 0 Å². The number of rotatable bonds is 2. The molecule has 0 atom stereocenters. The van der Waals surface area contributed by atoms with Crippen LogP contribution in [0, 0.1) is 0 Å². The van der Waals surface area contributed by atoms with E-state index in [2.05, 4.69) is 77.8 Å². The zero-order valence-electron chi connectivity index (χ0n) is 18.0. The number of nitrogens with zero attached hydrogens (tertiary/aromatic N) is 2. The lowest BCUT2D eigenvalue weighted by atomic mass is 9.90. The summed E-state index contributed by atoms with van der Waals surface area (Å²) in [6.45, 7) is 0. The summed E-state index contributed by atoms with van der Waals surface area (Å²) in [6.07, 6.45) is 5.59. The fraction of sp³-hybridized carbons (Fsp3) is 0.0667. The molecule has 1 aliphatic rings. The number of furan rings is 1. The molecule has 0 amide bonds. The Labute approximate surface area is 191 Å². The van der Waals surface area contributed by atoms with Gasteiger partial charge in [0, 0.05) is 23.5 Å². The molecule has 3 heterocycles. The first kappa shape index (κ1) is 18.3. The molecular formula is C30H20N2O. The summed E-state index contributed by atoms with van der Waals surface area (Å²) in [7, 11) is 0. The van der Waals surface area contributed by atoms with Gasteiger partial charge < -0.3 is 4.42 Å². The fourth-order valence-electron chi connectivity index (χ4n) is 5.16. The number of benzene rings is 3. The lowest BCUT2D eigenvalue weighted by Crippen LogP contribution is -2.03. The molecule has 0 spiro atoms. The second-order valence-electron chi connectivity index (χ2n) is 8.56. The average molecular weight is 425 g/mol. The number of hydrogen-bond acceptors (Lipinski definition) is 3. The normalized spacial score (nSPS) is 12.6. The molecule has 0 bridgehead atoms. The third-order valence-electron chi connectivity index (χ3n) is 6.67. The Morgan fingerprint density at radius 3 is 2.45 bits per heavy atom. The van der Waals surface area contributed by atoms with E-state index in [4.69, 9.17) is 9.40 Å². The molecular weight excluding hydrogens is 404 g/mol. The Morgan fingerprint density at radius 2 is 1.52 bits per heavy atom. The minimum absolute atomic E-state index is 0.873. The first-order valence-electron chi connectivity index (χ1n) is 11.3. The molecule has 156 valence electrons. The van der Waals surface area contributed by atoms with E-state index in [1.807, 2.05) is 24.5 Å². The molecule has 0 saturated carbocycles. The van der Waals surface area contributed by atoms with E-state index in [0.717, 1.165) is 46.5 Å². The van der Waals surface area contributed by atoms with Crippen molar-refractivity contribution in [2.24, 2.45) is 0 Å². The molecule has 0 fully saturated rings. The topological polar surface area (TPSA) is 38.9 Å². The molecule has 0 saturated heterocycles. The van der Waals surface area contributed by atoms with E-state index >= 15 is 0 Å². The van der Waals surface area contributed by atoms with Crippen LogP contribution in [-0.2, 0) is 12.8 Å². The van der Waals surface area contributed by atoms with Crippen LogP contribution in [0.2, 0.25) is 0 Å². The highest BCUT2D eigenvalue weighted by molar-refractivity contribution is 6.04. The van der Waals surface area contributed by atoms with Crippen LogP contribution in [0.5, 0.6) is 0 Å². The summed E-state index contributed by atoms with van der Waals surface area (Å²) < 4.78 is 6.38. The third-order valence-corrected chi connectivity index (χ3v) is 6.67. The van der Waals surface area contributed by atoms with E-state index in [-0.39, 0.29) is 0 Å². The van der Waals surface area contributed by atoms with Crippen LogP contribution < -0.4 is 0 Å². The monoisotopic (exact) mass is 424 g/mol. The number of fused-ring (bicyclic) bond motifs is 6. The van der Waals surface area contributed by atoms with Crippen LogP contribution in [0.3, 0.4) is 0 Å². The van der Waals surface area contributed by atoms with E-state index in [1.54, 1.807) is 0 Å². The van der Waals surface area contributed by atoms with Crippen molar-refractivity contribution in [1.29, 1.82) is 0 Å². The predicted molar refractivity (Wildman–Crippen MR) is 133 cm³/mol. The fourth-order valence-corrected chi connectivity index (χ4v) is 5.16. The first-order chi connectivity index (χ1) is 16.4. The second-order valence-corrected chi connectivity index (χ2v) is 8.56. The Morgan fingerprint density at radius 1 is 0.667 bits per heavy atom. The minimum atomic E-state index is 0.873. The zero-order valence-corrected chi connectivity index (χ0v) is 18.0. The van der Waals surface area contributed by atoms with Gasteiger partial charge in [0.2, 0.25) is 0 Å². The van der Waals surface area contributed by atoms with Gasteiger partial charge in [0.1, 0.15) is 11.3 Å². The molecule has 3 nitrogen and oxygen atoms in total. The van der Waals surface area contributed by atoms with Crippen LogP contribution in [0.15, 0.2) is 102 Å². The van der Waals surface area contributed by atoms with Crippen LogP contribution in [0.4, 0.5) is 0 Å². The predicted octanol–water partition coefficient (Wildman–Crippen LogP) is 7.48. The highest BCUT2D eigenvalue weighted by atomic mass is 16.3. The van der Waals surface area contributed by atoms with Crippen molar-refractivity contribution in [3.05, 3.63) is 108 Å². The summed E-state index contributed by atoms with van der Waals surface area (Å²) in [6, 6.07) is 29.8. The van der Waals surface area contributed by atoms with Crippen molar-refractivity contribution in [3.63, 3.8) is 0 Å². The van der Waals surface area contributed by atoms with Gasteiger partial charge >= 0.3 is 0 Å². The van der Waals surface area contributed by atoms with Gasteiger partial charge in [-0.1, -0.05) is 60.7 Å². The lowest BCUT2D eigenvalue weighted by Gasteiger charge is -2.15. The maximum atomic E-state index is 6.38. The standard InChI is InChI=1S/C30H20N2O/c1-2-7-19(8-3-1)25-18-22(17-21-9-4-5-11-23(21)25)28-27-24-13-12-20-10-6-15-31-29(20)30(24)33-26(27)14-16-32-28/h1-11,14-18H,12-13H2. The SMILES string of the molecule is c1ccc(-c2cc(-c3nccc4oc5c(c34)CCc3cccnc3-5)cc3ccccc23)cc1. The molecule has 0 unspecified atom stereocenters. The Balaban J connectivity index is 1.52. The van der Waals surface area contributed by atoms with E-state index in [9.17, 15) is 0 Å². The molecule has 33 heavy (non-hydrogen) atoms. The summed E-state index contributed by atoms with van der Waals surface area (Å²) in [4.78, 5) is 9.51. The summed E-state index contributed by atoms with van der Waals surface area (Å²) in [5.74, 6) is 0.894. The minimum Gasteiger partial charge on any atom is -0.454 e. The Bertz CT molecular complexity index is 1660. The van der Waals surface area contributed by atoms with Crippen molar-refractivity contribution >= 4 is 21.7 Å². The van der Waals surface area contributed by atoms with Gasteiger partial charge in [0.15, 0.2) is 5.76 Å². The maximum absolute atomic E-state index is 6.38. The van der Waals surface area contributed by atoms with Crippen molar-refractivity contribution in [3.8, 4) is 33.8 Å². The second kappa shape index (κ2) is 7.14. The highest BCUT2D eigenvalue weighted by Gasteiger charge is 2.26. The molecule has 0 aliphatic heterocycles. The lowest BCUT2D eigenvalue weighted by molar-refractivity contribution is 0.617. The molecule has 3 heteroatoms. The number of aromatic nitrogens is 2. The smallest absolute Gasteiger partial charge is 0.157 e. The van der Waals surface area contributed by atoms with Crippen molar-refractivity contribution in [1.82, 2.24) is 9.97 Å². The molecule has 1 aliphatic carbocycles. The van der Waals surface area contributed by atoms with Crippen molar-refractivity contribution in [2.75, 3.05) is 0 Å². The van der Waals surface area contributed by atoms with Crippen LogP contribution in [-0.4, -0.2) is 9.97 Å².